The van der Waals surface area contributed by atoms with Gasteiger partial charge in [-0.25, -0.2) is 4.39 Å². The molecule has 0 aliphatic rings. The SMILES string of the molecule is CC(C)N(Cc1ccccc1N)Cc1cccc(F)c1Cl. The van der Waals surface area contributed by atoms with E-state index in [-0.39, 0.29) is 10.8 Å². The van der Waals surface area contributed by atoms with E-state index >= 15 is 0 Å². The zero-order valence-corrected chi connectivity index (χ0v) is 13.1. The molecule has 0 saturated carbocycles. The lowest BCUT2D eigenvalue weighted by molar-refractivity contribution is 0.204. The van der Waals surface area contributed by atoms with Crippen LogP contribution in [0.3, 0.4) is 0 Å². The summed E-state index contributed by atoms with van der Waals surface area (Å²) in [7, 11) is 0. The van der Waals surface area contributed by atoms with Crippen molar-refractivity contribution >= 4 is 17.3 Å². The van der Waals surface area contributed by atoms with Gasteiger partial charge in [-0.2, -0.15) is 0 Å². The van der Waals surface area contributed by atoms with Crippen molar-refractivity contribution in [3.8, 4) is 0 Å². The van der Waals surface area contributed by atoms with E-state index in [2.05, 4.69) is 18.7 Å². The lowest BCUT2D eigenvalue weighted by Crippen LogP contribution is -2.30. The summed E-state index contributed by atoms with van der Waals surface area (Å²) in [6, 6.07) is 13.0. The first-order valence-electron chi connectivity index (χ1n) is 6.99. The van der Waals surface area contributed by atoms with E-state index in [1.165, 1.54) is 6.07 Å². The van der Waals surface area contributed by atoms with Crippen LogP contribution in [0.5, 0.6) is 0 Å². The molecule has 0 atom stereocenters. The maximum absolute atomic E-state index is 13.6. The number of para-hydroxylation sites is 1. The van der Waals surface area contributed by atoms with Gasteiger partial charge in [0.1, 0.15) is 5.82 Å². The highest BCUT2D eigenvalue weighted by atomic mass is 35.5. The van der Waals surface area contributed by atoms with Crippen molar-refractivity contribution in [1.29, 1.82) is 0 Å². The summed E-state index contributed by atoms with van der Waals surface area (Å²) in [5, 5.41) is 0.198. The Balaban J connectivity index is 2.20. The number of benzene rings is 2. The monoisotopic (exact) mass is 306 g/mol. The van der Waals surface area contributed by atoms with Gasteiger partial charge in [0, 0.05) is 24.8 Å². The fourth-order valence-corrected chi connectivity index (χ4v) is 2.39. The highest BCUT2D eigenvalue weighted by Crippen LogP contribution is 2.23. The van der Waals surface area contributed by atoms with Crippen LogP contribution in [0.25, 0.3) is 0 Å². The molecule has 0 aliphatic heterocycles. The van der Waals surface area contributed by atoms with Gasteiger partial charge >= 0.3 is 0 Å². The van der Waals surface area contributed by atoms with Crippen molar-refractivity contribution in [1.82, 2.24) is 4.90 Å². The molecule has 0 radical (unpaired) electrons. The molecule has 0 fully saturated rings. The predicted molar refractivity (Wildman–Crippen MR) is 86.6 cm³/mol. The predicted octanol–water partition coefficient (Wildman–Crippen LogP) is 4.47. The quantitative estimate of drug-likeness (QED) is 0.826. The summed E-state index contributed by atoms with van der Waals surface area (Å²) >= 11 is 6.05. The Morgan fingerprint density at radius 1 is 1.05 bits per heavy atom. The zero-order chi connectivity index (χ0) is 15.4. The number of rotatable bonds is 5. The molecule has 0 aromatic heterocycles. The van der Waals surface area contributed by atoms with E-state index < -0.39 is 0 Å². The smallest absolute Gasteiger partial charge is 0.142 e. The summed E-state index contributed by atoms with van der Waals surface area (Å²) in [5.41, 5.74) is 8.64. The molecule has 112 valence electrons. The molecule has 2 rings (SSSR count). The standard InChI is InChI=1S/C17H20ClFN2/c1-12(2)21(10-13-6-3-4-9-16(13)20)11-14-7-5-8-15(19)17(14)18/h3-9,12H,10-11,20H2,1-2H3. The van der Waals surface area contributed by atoms with Gasteiger partial charge in [-0.15, -0.1) is 0 Å². The van der Waals surface area contributed by atoms with Crippen molar-refractivity contribution in [3.63, 3.8) is 0 Å². The minimum Gasteiger partial charge on any atom is -0.398 e. The maximum atomic E-state index is 13.6. The van der Waals surface area contributed by atoms with E-state index in [1.54, 1.807) is 6.07 Å². The van der Waals surface area contributed by atoms with Crippen LogP contribution in [0.15, 0.2) is 42.5 Å². The van der Waals surface area contributed by atoms with Crippen molar-refractivity contribution in [2.75, 3.05) is 5.73 Å². The number of hydrogen-bond acceptors (Lipinski definition) is 2. The Hall–Kier alpha value is -1.58. The molecule has 21 heavy (non-hydrogen) atoms. The average molecular weight is 307 g/mol. The first kappa shape index (κ1) is 15.8. The van der Waals surface area contributed by atoms with Crippen LogP contribution in [-0.4, -0.2) is 10.9 Å². The molecule has 0 spiro atoms. The van der Waals surface area contributed by atoms with Crippen molar-refractivity contribution < 1.29 is 4.39 Å². The third-order valence-corrected chi connectivity index (χ3v) is 3.99. The molecule has 2 N–H and O–H groups in total. The molecular weight excluding hydrogens is 287 g/mol. The molecule has 2 aromatic rings. The average Bonchev–Trinajstić information content (AvgIpc) is 2.45. The third-order valence-electron chi connectivity index (χ3n) is 3.56. The normalized spacial score (nSPS) is 11.3. The van der Waals surface area contributed by atoms with Crippen LogP contribution < -0.4 is 5.73 Å². The number of nitrogen functional groups attached to an aromatic ring is 1. The molecule has 0 bridgehead atoms. The second-order valence-electron chi connectivity index (χ2n) is 5.41. The summed E-state index contributed by atoms with van der Waals surface area (Å²) in [4.78, 5) is 2.21. The second-order valence-corrected chi connectivity index (χ2v) is 5.79. The number of nitrogens with zero attached hydrogens (tertiary/aromatic N) is 1. The molecule has 0 amide bonds. The Labute approximate surface area is 130 Å². The van der Waals surface area contributed by atoms with Gasteiger partial charge in [-0.05, 0) is 37.1 Å². The van der Waals surface area contributed by atoms with E-state index in [1.807, 2.05) is 30.3 Å². The van der Waals surface area contributed by atoms with Gasteiger partial charge in [0.2, 0.25) is 0 Å². The van der Waals surface area contributed by atoms with Crippen LogP contribution in [0.1, 0.15) is 25.0 Å². The highest BCUT2D eigenvalue weighted by Gasteiger charge is 2.15. The minimum absolute atomic E-state index is 0.198. The van der Waals surface area contributed by atoms with Gasteiger partial charge < -0.3 is 5.73 Å². The van der Waals surface area contributed by atoms with Crippen LogP contribution in [-0.2, 0) is 13.1 Å². The molecular formula is C17H20ClFN2. The number of hydrogen-bond donors (Lipinski definition) is 1. The molecule has 0 saturated heterocycles. The zero-order valence-electron chi connectivity index (χ0n) is 12.3. The first-order chi connectivity index (χ1) is 9.99. The van der Waals surface area contributed by atoms with E-state index in [0.29, 0.717) is 19.1 Å². The van der Waals surface area contributed by atoms with Crippen molar-refractivity contribution in [3.05, 3.63) is 64.4 Å². The third kappa shape index (κ3) is 3.96. The fraction of sp³-hybridized carbons (Fsp3) is 0.294. The second kappa shape index (κ2) is 6.92. The van der Waals surface area contributed by atoms with E-state index in [0.717, 1.165) is 16.8 Å². The van der Waals surface area contributed by atoms with Crippen molar-refractivity contribution in [2.24, 2.45) is 0 Å². The number of halogens is 2. The van der Waals surface area contributed by atoms with Crippen LogP contribution in [0, 0.1) is 5.82 Å². The summed E-state index contributed by atoms with van der Waals surface area (Å²) in [6.45, 7) is 5.50. The summed E-state index contributed by atoms with van der Waals surface area (Å²) in [5.74, 6) is -0.378. The fourth-order valence-electron chi connectivity index (χ4n) is 2.21. The first-order valence-corrected chi connectivity index (χ1v) is 7.37. The largest absolute Gasteiger partial charge is 0.398 e. The molecule has 0 heterocycles. The molecule has 0 unspecified atom stereocenters. The van der Waals surface area contributed by atoms with Gasteiger partial charge in [0.05, 0.1) is 5.02 Å². The topological polar surface area (TPSA) is 29.3 Å². The maximum Gasteiger partial charge on any atom is 0.142 e. The molecule has 4 heteroatoms. The number of anilines is 1. The van der Waals surface area contributed by atoms with E-state index in [4.69, 9.17) is 17.3 Å². The van der Waals surface area contributed by atoms with Gasteiger partial charge in [-0.3, -0.25) is 4.90 Å². The highest BCUT2D eigenvalue weighted by molar-refractivity contribution is 6.31. The Bertz CT molecular complexity index is 613. The molecule has 0 aliphatic carbocycles. The van der Waals surface area contributed by atoms with Gasteiger partial charge in [0.15, 0.2) is 0 Å². The van der Waals surface area contributed by atoms with Gasteiger partial charge in [-0.1, -0.05) is 41.9 Å². The van der Waals surface area contributed by atoms with Crippen LogP contribution in [0.4, 0.5) is 10.1 Å². The Morgan fingerprint density at radius 3 is 2.33 bits per heavy atom. The van der Waals surface area contributed by atoms with Crippen LogP contribution in [0.2, 0.25) is 5.02 Å². The molecule has 2 nitrogen and oxygen atoms in total. The van der Waals surface area contributed by atoms with Gasteiger partial charge in [0.25, 0.3) is 0 Å². The number of nitrogens with two attached hydrogens (primary N) is 1. The summed E-state index contributed by atoms with van der Waals surface area (Å²) < 4.78 is 13.6. The van der Waals surface area contributed by atoms with E-state index in [9.17, 15) is 4.39 Å². The lowest BCUT2D eigenvalue weighted by Gasteiger charge is -2.27. The Kier molecular flexibility index (Phi) is 5.21. The van der Waals surface area contributed by atoms with Crippen molar-refractivity contribution in [2.45, 2.75) is 33.0 Å². The molecule has 2 aromatic carbocycles. The minimum atomic E-state index is -0.378. The lowest BCUT2D eigenvalue weighted by atomic mass is 10.1. The van der Waals surface area contributed by atoms with Crippen LogP contribution >= 0.6 is 11.6 Å². The Morgan fingerprint density at radius 2 is 1.67 bits per heavy atom. The summed E-state index contributed by atoms with van der Waals surface area (Å²) in [6.07, 6.45) is 0.